The van der Waals surface area contributed by atoms with Crippen LogP contribution in [0.1, 0.15) is 38.2 Å². The Bertz CT molecular complexity index is 756. The van der Waals surface area contributed by atoms with Crippen LogP contribution in [0.15, 0.2) is 36.5 Å². The standard InChI is InChI=1S/C21H27N3O/c1-2-16-14-24(21(25)17-6-7-17)11-9-20(16)23-13-15-5-8-19-18(12-15)4-3-10-22-19/h3-5,8,10,12,16-17,20,23H,2,6-7,9,11,13-14H2,1H3/t16-,20+/m1/s1. The number of piperidine rings is 1. The number of hydrogen-bond donors (Lipinski definition) is 1. The van der Waals surface area contributed by atoms with Crippen molar-refractivity contribution in [2.75, 3.05) is 13.1 Å². The number of hydrogen-bond acceptors (Lipinski definition) is 3. The summed E-state index contributed by atoms with van der Waals surface area (Å²) in [5.41, 5.74) is 2.34. The van der Waals surface area contributed by atoms with Crippen LogP contribution in [0.2, 0.25) is 0 Å². The molecule has 1 aromatic heterocycles. The number of carbonyl (C=O) groups is 1. The van der Waals surface area contributed by atoms with Crippen LogP contribution in [0.3, 0.4) is 0 Å². The first kappa shape index (κ1) is 16.5. The Morgan fingerprint density at radius 3 is 2.96 bits per heavy atom. The van der Waals surface area contributed by atoms with Gasteiger partial charge in [0.15, 0.2) is 0 Å². The van der Waals surface area contributed by atoms with Crippen LogP contribution in [0.4, 0.5) is 0 Å². The maximum atomic E-state index is 12.3. The van der Waals surface area contributed by atoms with Crippen LogP contribution >= 0.6 is 0 Å². The molecule has 4 heteroatoms. The Kier molecular flexibility index (Phi) is 4.71. The van der Waals surface area contributed by atoms with Gasteiger partial charge in [-0.3, -0.25) is 9.78 Å². The molecule has 1 aromatic carbocycles. The molecule has 1 saturated carbocycles. The number of nitrogens with zero attached hydrogens (tertiary/aromatic N) is 2. The second kappa shape index (κ2) is 7.12. The zero-order valence-electron chi connectivity index (χ0n) is 14.9. The van der Waals surface area contributed by atoms with Crippen molar-refractivity contribution >= 4 is 16.8 Å². The minimum absolute atomic E-state index is 0.341. The number of likely N-dealkylation sites (tertiary alicyclic amines) is 1. The molecule has 2 aliphatic rings. The average molecular weight is 337 g/mol. The summed E-state index contributed by atoms with van der Waals surface area (Å²) in [4.78, 5) is 18.8. The first-order chi connectivity index (χ1) is 12.2. The van der Waals surface area contributed by atoms with Gasteiger partial charge >= 0.3 is 0 Å². The highest BCUT2D eigenvalue weighted by atomic mass is 16.2. The third kappa shape index (κ3) is 3.69. The number of benzene rings is 1. The lowest BCUT2D eigenvalue weighted by atomic mass is 9.89. The van der Waals surface area contributed by atoms with Crippen LogP contribution in [0, 0.1) is 11.8 Å². The number of fused-ring (bicyclic) bond motifs is 1. The largest absolute Gasteiger partial charge is 0.342 e. The van der Waals surface area contributed by atoms with Crippen LogP contribution in [0.25, 0.3) is 10.9 Å². The summed E-state index contributed by atoms with van der Waals surface area (Å²) in [5.74, 6) is 1.30. The highest BCUT2D eigenvalue weighted by molar-refractivity contribution is 5.81. The summed E-state index contributed by atoms with van der Waals surface area (Å²) in [6.07, 6.45) is 6.22. The SMILES string of the molecule is CC[C@@H]1CN(C(=O)C2CC2)CC[C@@H]1NCc1ccc2ncccc2c1. The first-order valence-corrected chi connectivity index (χ1v) is 9.60. The minimum atomic E-state index is 0.341. The molecule has 0 radical (unpaired) electrons. The zero-order valence-corrected chi connectivity index (χ0v) is 14.9. The van der Waals surface area contributed by atoms with Gasteiger partial charge in [-0.25, -0.2) is 0 Å². The Labute approximate surface area is 149 Å². The van der Waals surface area contributed by atoms with E-state index in [9.17, 15) is 4.79 Å². The normalized spacial score (nSPS) is 23.8. The zero-order chi connectivity index (χ0) is 17.2. The Morgan fingerprint density at radius 1 is 1.28 bits per heavy atom. The number of carbonyl (C=O) groups excluding carboxylic acids is 1. The van der Waals surface area contributed by atoms with E-state index in [1.54, 1.807) is 0 Å². The molecule has 0 bridgehead atoms. The van der Waals surface area contributed by atoms with Crippen LogP contribution in [-0.4, -0.2) is 34.9 Å². The van der Waals surface area contributed by atoms with E-state index in [4.69, 9.17) is 0 Å². The highest BCUT2D eigenvalue weighted by Crippen LogP contribution is 2.33. The van der Waals surface area contributed by atoms with Gasteiger partial charge in [0.2, 0.25) is 5.91 Å². The van der Waals surface area contributed by atoms with Crippen molar-refractivity contribution in [2.24, 2.45) is 11.8 Å². The second-order valence-electron chi connectivity index (χ2n) is 7.53. The fourth-order valence-corrected chi connectivity index (χ4v) is 3.99. The maximum Gasteiger partial charge on any atom is 0.225 e. The van der Waals surface area contributed by atoms with Crippen molar-refractivity contribution in [1.29, 1.82) is 0 Å². The lowest BCUT2D eigenvalue weighted by molar-refractivity contribution is -0.134. The van der Waals surface area contributed by atoms with Crippen molar-refractivity contribution < 1.29 is 4.79 Å². The van der Waals surface area contributed by atoms with Crippen LogP contribution in [-0.2, 0) is 11.3 Å². The lowest BCUT2D eigenvalue weighted by Crippen LogP contribution is -2.51. The predicted molar refractivity (Wildman–Crippen MR) is 100 cm³/mol. The number of aromatic nitrogens is 1. The molecule has 1 aliphatic carbocycles. The molecule has 2 atom stereocenters. The smallest absolute Gasteiger partial charge is 0.225 e. The number of amides is 1. The van der Waals surface area contributed by atoms with Crippen molar-refractivity contribution in [2.45, 2.75) is 45.2 Å². The summed E-state index contributed by atoms with van der Waals surface area (Å²) in [6, 6.07) is 11.1. The van der Waals surface area contributed by atoms with E-state index in [1.807, 2.05) is 12.3 Å². The van der Waals surface area contributed by atoms with Gasteiger partial charge < -0.3 is 10.2 Å². The van der Waals surface area contributed by atoms with E-state index >= 15 is 0 Å². The van der Waals surface area contributed by atoms with E-state index in [0.29, 0.717) is 23.8 Å². The average Bonchev–Trinajstić information content (AvgIpc) is 3.50. The van der Waals surface area contributed by atoms with Gasteiger partial charge in [0.05, 0.1) is 5.52 Å². The molecule has 0 spiro atoms. The molecule has 0 unspecified atom stereocenters. The predicted octanol–water partition coefficient (Wildman–Crippen LogP) is 3.36. The number of rotatable bonds is 5. The van der Waals surface area contributed by atoms with Gasteiger partial charge in [-0.05, 0) is 48.9 Å². The third-order valence-corrected chi connectivity index (χ3v) is 5.73. The van der Waals surface area contributed by atoms with Crippen molar-refractivity contribution in [1.82, 2.24) is 15.2 Å². The molecular formula is C21H27N3O. The molecule has 2 fully saturated rings. The van der Waals surface area contributed by atoms with Gasteiger partial charge in [-0.15, -0.1) is 0 Å². The van der Waals surface area contributed by atoms with Crippen molar-refractivity contribution in [3.05, 3.63) is 42.1 Å². The maximum absolute atomic E-state index is 12.3. The molecule has 4 nitrogen and oxygen atoms in total. The molecule has 25 heavy (non-hydrogen) atoms. The molecule has 1 aliphatic heterocycles. The summed E-state index contributed by atoms with van der Waals surface area (Å²) < 4.78 is 0. The lowest BCUT2D eigenvalue weighted by Gasteiger charge is -2.39. The Morgan fingerprint density at radius 2 is 2.16 bits per heavy atom. The Hall–Kier alpha value is -1.94. The molecule has 2 heterocycles. The summed E-state index contributed by atoms with van der Waals surface area (Å²) in [7, 11) is 0. The monoisotopic (exact) mass is 337 g/mol. The van der Waals surface area contributed by atoms with E-state index in [2.05, 4.69) is 46.4 Å². The fourth-order valence-electron chi connectivity index (χ4n) is 3.99. The Balaban J connectivity index is 1.37. The van der Waals surface area contributed by atoms with E-state index in [1.165, 1.54) is 10.9 Å². The fraction of sp³-hybridized carbons (Fsp3) is 0.524. The number of nitrogens with one attached hydrogen (secondary N) is 1. The highest BCUT2D eigenvalue weighted by Gasteiger charge is 2.37. The van der Waals surface area contributed by atoms with Gasteiger partial charge in [-0.2, -0.15) is 0 Å². The summed E-state index contributed by atoms with van der Waals surface area (Å²) in [5, 5.41) is 4.94. The van der Waals surface area contributed by atoms with E-state index in [0.717, 1.165) is 50.8 Å². The number of pyridine rings is 1. The van der Waals surface area contributed by atoms with E-state index < -0.39 is 0 Å². The minimum Gasteiger partial charge on any atom is -0.342 e. The quantitative estimate of drug-likeness (QED) is 0.910. The first-order valence-electron chi connectivity index (χ1n) is 9.60. The van der Waals surface area contributed by atoms with Crippen molar-refractivity contribution in [3.8, 4) is 0 Å². The topological polar surface area (TPSA) is 45.2 Å². The van der Waals surface area contributed by atoms with Gasteiger partial charge in [0, 0.05) is 43.2 Å². The van der Waals surface area contributed by atoms with Gasteiger partial charge in [0.1, 0.15) is 0 Å². The summed E-state index contributed by atoms with van der Waals surface area (Å²) >= 11 is 0. The molecule has 1 N–H and O–H groups in total. The molecule has 1 amide bonds. The molecule has 1 saturated heterocycles. The van der Waals surface area contributed by atoms with Crippen molar-refractivity contribution in [3.63, 3.8) is 0 Å². The molecular weight excluding hydrogens is 310 g/mol. The van der Waals surface area contributed by atoms with Crippen LogP contribution in [0.5, 0.6) is 0 Å². The molecule has 132 valence electrons. The van der Waals surface area contributed by atoms with Gasteiger partial charge in [0.25, 0.3) is 0 Å². The second-order valence-corrected chi connectivity index (χ2v) is 7.53. The van der Waals surface area contributed by atoms with E-state index in [-0.39, 0.29) is 0 Å². The molecule has 2 aromatic rings. The molecule has 4 rings (SSSR count). The summed E-state index contributed by atoms with van der Waals surface area (Å²) in [6.45, 7) is 4.95. The van der Waals surface area contributed by atoms with Crippen LogP contribution < -0.4 is 5.32 Å². The third-order valence-electron chi connectivity index (χ3n) is 5.73. The van der Waals surface area contributed by atoms with Gasteiger partial charge in [-0.1, -0.05) is 25.5 Å².